The van der Waals surface area contributed by atoms with Gasteiger partial charge in [-0.1, -0.05) is 19.3 Å². The van der Waals surface area contributed by atoms with Crippen LogP contribution in [0.5, 0.6) is 0 Å². The molecule has 1 aromatic rings. The summed E-state index contributed by atoms with van der Waals surface area (Å²) < 4.78 is 36.8. The lowest BCUT2D eigenvalue weighted by Gasteiger charge is -2.21. The lowest BCUT2D eigenvalue weighted by molar-refractivity contribution is -0.141. The molecule has 1 aliphatic carbocycles. The van der Waals surface area contributed by atoms with Crippen LogP contribution in [0.15, 0.2) is 12.1 Å². The van der Waals surface area contributed by atoms with Crippen molar-refractivity contribution in [1.29, 1.82) is 0 Å². The molecule has 1 N–H and O–H groups in total. The van der Waals surface area contributed by atoms with Crippen molar-refractivity contribution in [3.05, 3.63) is 17.8 Å². The number of halogens is 3. The number of alkyl halides is 3. The van der Waals surface area contributed by atoms with Gasteiger partial charge in [0.25, 0.3) is 0 Å². The highest BCUT2D eigenvalue weighted by Crippen LogP contribution is 2.27. The van der Waals surface area contributed by atoms with E-state index in [1.165, 1.54) is 38.2 Å². The summed E-state index contributed by atoms with van der Waals surface area (Å²) in [6.07, 6.45) is 1.71. The molecule has 0 aliphatic heterocycles. The second-order valence-corrected chi connectivity index (χ2v) is 4.69. The van der Waals surface area contributed by atoms with Crippen molar-refractivity contribution in [2.24, 2.45) is 5.92 Å². The molecule has 1 aliphatic rings. The normalized spacial score (nSPS) is 17.7. The van der Waals surface area contributed by atoms with Gasteiger partial charge in [-0.3, -0.25) is 0 Å². The smallest absolute Gasteiger partial charge is 0.368 e. The maximum atomic E-state index is 12.3. The second-order valence-electron chi connectivity index (χ2n) is 4.69. The average molecular weight is 259 g/mol. The zero-order valence-electron chi connectivity index (χ0n) is 10.0. The maximum absolute atomic E-state index is 12.3. The van der Waals surface area contributed by atoms with Gasteiger partial charge in [0.15, 0.2) is 5.69 Å². The summed E-state index contributed by atoms with van der Waals surface area (Å²) in [6.45, 7) is 0.764. The van der Waals surface area contributed by atoms with Crippen molar-refractivity contribution in [1.82, 2.24) is 10.2 Å². The highest BCUT2D eigenvalue weighted by Gasteiger charge is 2.32. The minimum atomic E-state index is -4.42. The Kier molecular flexibility index (Phi) is 4.04. The van der Waals surface area contributed by atoms with Crippen molar-refractivity contribution >= 4 is 5.82 Å². The molecule has 0 bridgehead atoms. The molecule has 0 atom stereocenters. The highest BCUT2D eigenvalue weighted by atomic mass is 19.4. The summed E-state index contributed by atoms with van der Waals surface area (Å²) in [5.41, 5.74) is -0.953. The fourth-order valence-corrected chi connectivity index (χ4v) is 2.22. The average Bonchev–Trinajstić information content (AvgIpc) is 2.37. The van der Waals surface area contributed by atoms with Crippen LogP contribution in [0.1, 0.15) is 37.8 Å². The Morgan fingerprint density at radius 1 is 1.11 bits per heavy atom. The van der Waals surface area contributed by atoms with Crippen LogP contribution in [0.2, 0.25) is 0 Å². The molecule has 1 fully saturated rings. The maximum Gasteiger partial charge on any atom is 0.435 e. The van der Waals surface area contributed by atoms with Crippen LogP contribution in [0.3, 0.4) is 0 Å². The van der Waals surface area contributed by atoms with Gasteiger partial charge < -0.3 is 5.32 Å². The summed E-state index contributed by atoms with van der Waals surface area (Å²) in [5.74, 6) is 1.01. The predicted octanol–water partition coefficient (Wildman–Crippen LogP) is 3.49. The minimum Gasteiger partial charge on any atom is -0.368 e. The van der Waals surface area contributed by atoms with Gasteiger partial charge in [0, 0.05) is 6.54 Å². The molecule has 0 radical (unpaired) electrons. The van der Waals surface area contributed by atoms with Gasteiger partial charge in [0.05, 0.1) is 0 Å². The number of rotatable bonds is 3. The van der Waals surface area contributed by atoms with E-state index in [2.05, 4.69) is 15.5 Å². The fraction of sp³-hybridized carbons (Fsp3) is 0.667. The lowest BCUT2D eigenvalue weighted by Crippen LogP contribution is -2.18. The van der Waals surface area contributed by atoms with Gasteiger partial charge in [0.1, 0.15) is 5.82 Å². The standard InChI is InChI=1S/C12H16F3N3/c13-12(14,15)10-6-7-11(18-17-10)16-8-9-4-2-1-3-5-9/h6-7,9H,1-5,8H2,(H,16,18). The fourth-order valence-electron chi connectivity index (χ4n) is 2.22. The van der Waals surface area contributed by atoms with Crippen molar-refractivity contribution in [3.8, 4) is 0 Å². The molecule has 0 saturated heterocycles. The summed E-state index contributed by atoms with van der Waals surface area (Å²) in [4.78, 5) is 0. The Bertz CT molecular complexity index is 369. The van der Waals surface area contributed by atoms with Gasteiger partial charge in [0.2, 0.25) is 0 Å². The Hall–Kier alpha value is -1.33. The third-order valence-electron chi connectivity index (χ3n) is 3.25. The third-order valence-corrected chi connectivity index (χ3v) is 3.25. The quantitative estimate of drug-likeness (QED) is 0.903. The van der Waals surface area contributed by atoms with Gasteiger partial charge in [-0.2, -0.15) is 13.2 Å². The van der Waals surface area contributed by atoms with Crippen LogP contribution >= 0.6 is 0 Å². The van der Waals surface area contributed by atoms with Crippen molar-refractivity contribution in [2.45, 2.75) is 38.3 Å². The molecule has 0 unspecified atom stereocenters. The molecule has 0 amide bonds. The SMILES string of the molecule is FC(F)(F)c1ccc(NCC2CCCCC2)nn1. The second kappa shape index (κ2) is 5.54. The number of aromatic nitrogens is 2. The number of nitrogens with zero attached hydrogens (tertiary/aromatic N) is 2. The van der Waals surface area contributed by atoms with E-state index in [1.807, 2.05) is 0 Å². The predicted molar refractivity (Wildman–Crippen MR) is 62.1 cm³/mol. The van der Waals surface area contributed by atoms with E-state index in [9.17, 15) is 13.2 Å². The molecule has 1 heterocycles. The first kappa shape index (κ1) is 13.1. The first-order chi connectivity index (χ1) is 8.55. The topological polar surface area (TPSA) is 37.8 Å². The zero-order valence-corrected chi connectivity index (χ0v) is 10.0. The Labute approximate surface area is 104 Å². The van der Waals surface area contributed by atoms with E-state index < -0.39 is 11.9 Å². The van der Waals surface area contributed by atoms with E-state index in [4.69, 9.17) is 0 Å². The van der Waals surface area contributed by atoms with Crippen LogP contribution < -0.4 is 5.32 Å². The van der Waals surface area contributed by atoms with Gasteiger partial charge in [-0.05, 0) is 30.9 Å². The minimum absolute atomic E-state index is 0.411. The third kappa shape index (κ3) is 3.58. The number of hydrogen-bond acceptors (Lipinski definition) is 3. The van der Waals surface area contributed by atoms with E-state index in [0.29, 0.717) is 11.7 Å². The van der Waals surface area contributed by atoms with Crippen molar-refractivity contribution in [3.63, 3.8) is 0 Å². The number of nitrogens with one attached hydrogen (secondary N) is 1. The lowest BCUT2D eigenvalue weighted by atomic mass is 9.89. The van der Waals surface area contributed by atoms with Crippen molar-refractivity contribution < 1.29 is 13.2 Å². The molecule has 2 rings (SSSR count). The molecule has 0 aromatic carbocycles. The number of hydrogen-bond donors (Lipinski definition) is 1. The summed E-state index contributed by atoms with van der Waals surface area (Å²) in [5, 5.41) is 9.78. The zero-order chi connectivity index (χ0) is 13.0. The molecule has 3 nitrogen and oxygen atoms in total. The van der Waals surface area contributed by atoms with E-state index in [0.717, 1.165) is 12.6 Å². The van der Waals surface area contributed by atoms with Gasteiger partial charge >= 0.3 is 6.18 Å². The van der Waals surface area contributed by atoms with Crippen LogP contribution in [0.4, 0.5) is 19.0 Å². The molecule has 18 heavy (non-hydrogen) atoms. The molecular weight excluding hydrogens is 243 g/mol. The largest absolute Gasteiger partial charge is 0.435 e. The van der Waals surface area contributed by atoms with Crippen molar-refractivity contribution in [2.75, 3.05) is 11.9 Å². The Balaban J connectivity index is 1.86. The van der Waals surface area contributed by atoms with E-state index in [-0.39, 0.29) is 0 Å². The monoisotopic (exact) mass is 259 g/mol. The molecular formula is C12H16F3N3. The summed E-state index contributed by atoms with van der Waals surface area (Å²) in [6, 6.07) is 2.29. The molecule has 100 valence electrons. The molecule has 6 heteroatoms. The highest BCUT2D eigenvalue weighted by molar-refractivity contribution is 5.33. The van der Waals surface area contributed by atoms with Gasteiger partial charge in [-0.25, -0.2) is 0 Å². The van der Waals surface area contributed by atoms with Crippen LogP contribution in [-0.2, 0) is 6.18 Å². The van der Waals surface area contributed by atoms with Crippen LogP contribution in [-0.4, -0.2) is 16.7 Å². The van der Waals surface area contributed by atoms with E-state index in [1.54, 1.807) is 0 Å². The molecule has 0 spiro atoms. The number of anilines is 1. The summed E-state index contributed by atoms with van der Waals surface area (Å²) in [7, 11) is 0. The Morgan fingerprint density at radius 3 is 2.39 bits per heavy atom. The van der Waals surface area contributed by atoms with Crippen LogP contribution in [0.25, 0.3) is 0 Å². The van der Waals surface area contributed by atoms with Crippen LogP contribution in [0, 0.1) is 5.92 Å². The first-order valence-corrected chi connectivity index (χ1v) is 6.20. The Morgan fingerprint density at radius 2 is 1.83 bits per heavy atom. The van der Waals surface area contributed by atoms with E-state index >= 15 is 0 Å². The molecule has 1 aromatic heterocycles. The first-order valence-electron chi connectivity index (χ1n) is 6.20. The van der Waals surface area contributed by atoms with Gasteiger partial charge in [-0.15, -0.1) is 10.2 Å². The molecule has 1 saturated carbocycles. The summed E-state index contributed by atoms with van der Waals surface area (Å²) >= 11 is 0.